The maximum atomic E-state index is 10.5. The third-order valence-electron chi connectivity index (χ3n) is 2.60. The zero-order chi connectivity index (χ0) is 10.6. The van der Waals surface area contributed by atoms with Crippen molar-refractivity contribution in [2.24, 2.45) is 0 Å². The highest BCUT2D eigenvalue weighted by atomic mass is 16.4. The van der Waals surface area contributed by atoms with Crippen molar-refractivity contribution < 1.29 is 9.90 Å². The molecule has 14 heavy (non-hydrogen) atoms. The molecule has 1 aliphatic rings. The second-order valence-corrected chi connectivity index (χ2v) is 3.95. The first-order valence-corrected chi connectivity index (χ1v) is 5.26. The molecule has 1 rings (SSSR count). The molecule has 0 saturated heterocycles. The molecule has 0 aromatic rings. The second kappa shape index (κ2) is 5.15. The second-order valence-electron chi connectivity index (χ2n) is 3.95. The van der Waals surface area contributed by atoms with Crippen LogP contribution in [-0.2, 0) is 4.79 Å². The van der Waals surface area contributed by atoms with Crippen LogP contribution in [0.2, 0.25) is 0 Å². The first kappa shape index (κ1) is 11.2. The molecule has 3 heteroatoms. The Morgan fingerprint density at radius 1 is 1.57 bits per heavy atom. The smallest absolute Gasteiger partial charge is 0.304 e. The normalized spacial score (nSPS) is 15.9. The summed E-state index contributed by atoms with van der Waals surface area (Å²) in [6, 6.07) is 0.623. The quantitative estimate of drug-likeness (QED) is 0.634. The van der Waals surface area contributed by atoms with Crippen LogP contribution in [0.15, 0.2) is 12.2 Å². The Kier molecular flexibility index (Phi) is 4.14. The largest absolute Gasteiger partial charge is 0.481 e. The molecule has 0 amide bonds. The van der Waals surface area contributed by atoms with E-state index in [2.05, 4.69) is 18.4 Å². The maximum absolute atomic E-state index is 10.5. The lowest BCUT2D eigenvalue weighted by Crippen LogP contribution is -2.30. The summed E-state index contributed by atoms with van der Waals surface area (Å²) in [5.41, 5.74) is 1.20. The van der Waals surface area contributed by atoms with E-state index in [-0.39, 0.29) is 6.42 Å². The van der Waals surface area contributed by atoms with Gasteiger partial charge in [0.1, 0.15) is 0 Å². The maximum Gasteiger partial charge on any atom is 0.304 e. The SMILES string of the molecule is C=C(CC)CN(CCC(=O)O)C1CC1. The molecule has 3 nitrogen and oxygen atoms in total. The minimum atomic E-state index is -0.710. The van der Waals surface area contributed by atoms with Gasteiger partial charge in [0.25, 0.3) is 0 Å². The van der Waals surface area contributed by atoms with E-state index in [0.29, 0.717) is 12.6 Å². The van der Waals surface area contributed by atoms with Crippen LogP contribution in [0.1, 0.15) is 32.6 Å². The fourth-order valence-corrected chi connectivity index (χ4v) is 1.47. The molecule has 0 atom stereocenters. The molecule has 1 aliphatic carbocycles. The molecule has 0 heterocycles. The van der Waals surface area contributed by atoms with E-state index in [1.807, 2.05) is 0 Å². The van der Waals surface area contributed by atoms with Gasteiger partial charge in [0.2, 0.25) is 0 Å². The predicted octanol–water partition coefficient (Wildman–Crippen LogP) is 1.89. The fourth-order valence-electron chi connectivity index (χ4n) is 1.47. The van der Waals surface area contributed by atoms with Crippen molar-refractivity contribution in [3.8, 4) is 0 Å². The molecule has 80 valence electrons. The molecule has 0 aromatic carbocycles. The number of carbonyl (C=O) groups is 1. The number of aliphatic carboxylic acids is 1. The van der Waals surface area contributed by atoms with Crippen LogP contribution in [-0.4, -0.2) is 35.1 Å². The Bertz CT molecular complexity index is 221. The third-order valence-corrected chi connectivity index (χ3v) is 2.60. The first-order valence-electron chi connectivity index (χ1n) is 5.26. The van der Waals surface area contributed by atoms with Gasteiger partial charge in [-0.05, 0) is 19.3 Å². The van der Waals surface area contributed by atoms with Gasteiger partial charge in [-0.25, -0.2) is 0 Å². The van der Waals surface area contributed by atoms with E-state index in [4.69, 9.17) is 5.11 Å². The Morgan fingerprint density at radius 3 is 2.64 bits per heavy atom. The average molecular weight is 197 g/mol. The molecular formula is C11H19NO2. The van der Waals surface area contributed by atoms with Crippen LogP contribution in [0, 0.1) is 0 Å². The molecule has 0 aromatic heterocycles. The van der Waals surface area contributed by atoms with E-state index in [9.17, 15) is 4.79 Å². The highest BCUT2D eigenvalue weighted by Gasteiger charge is 2.28. The van der Waals surface area contributed by atoms with Crippen molar-refractivity contribution in [2.75, 3.05) is 13.1 Å². The van der Waals surface area contributed by atoms with Crippen molar-refractivity contribution in [1.82, 2.24) is 4.90 Å². The van der Waals surface area contributed by atoms with Gasteiger partial charge in [0.05, 0.1) is 6.42 Å². The van der Waals surface area contributed by atoms with Crippen molar-refractivity contribution >= 4 is 5.97 Å². The van der Waals surface area contributed by atoms with Gasteiger partial charge in [0, 0.05) is 19.1 Å². The monoisotopic (exact) mass is 197 g/mol. The molecule has 1 saturated carbocycles. The Balaban J connectivity index is 2.31. The standard InChI is InChI=1S/C11H19NO2/c1-3-9(2)8-12(10-4-5-10)7-6-11(13)14/h10H,2-8H2,1H3,(H,13,14). The number of carboxylic acid groups (broad SMARTS) is 1. The van der Waals surface area contributed by atoms with Gasteiger partial charge in [0.15, 0.2) is 0 Å². The van der Waals surface area contributed by atoms with Crippen molar-refractivity contribution in [3.63, 3.8) is 0 Å². The Morgan fingerprint density at radius 2 is 2.21 bits per heavy atom. The van der Waals surface area contributed by atoms with Gasteiger partial charge < -0.3 is 5.11 Å². The molecule has 1 fully saturated rings. The molecule has 0 unspecified atom stereocenters. The average Bonchev–Trinajstić information content (AvgIpc) is 2.94. The van der Waals surface area contributed by atoms with Gasteiger partial charge in [-0.3, -0.25) is 9.69 Å². The summed E-state index contributed by atoms with van der Waals surface area (Å²) >= 11 is 0. The van der Waals surface area contributed by atoms with E-state index < -0.39 is 5.97 Å². The highest BCUT2D eigenvalue weighted by molar-refractivity contribution is 5.66. The Labute approximate surface area is 85.4 Å². The highest BCUT2D eigenvalue weighted by Crippen LogP contribution is 2.27. The number of rotatable bonds is 7. The van der Waals surface area contributed by atoms with E-state index in [1.54, 1.807) is 0 Å². The molecule has 0 aliphatic heterocycles. The first-order chi connectivity index (χ1) is 6.63. The molecule has 0 bridgehead atoms. The number of carboxylic acids is 1. The Hall–Kier alpha value is -0.830. The van der Waals surface area contributed by atoms with E-state index >= 15 is 0 Å². The lowest BCUT2D eigenvalue weighted by Gasteiger charge is -2.21. The van der Waals surface area contributed by atoms with Crippen molar-refractivity contribution in [1.29, 1.82) is 0 Å². The van der Waals surface area contributed by atoms with Crippen LogP contribution >= 0.6 is 0 Å². The summed E-state index contributed by atoms with van der Waals surface area (Å²) in [7, 11) is 0. The minimum absolute atomic E-state index is 0.244. The van der Waals surface area contributed by atoms with Crippen LogP contribution in [0.5, 0.6) is 0 Å². The van der Waals surface area contributed by atoms with Crippen LogP contribution in [0.4, 0.5) is 0 Å². The number of hydrogen-bond acceptors (Lipinski definition) is 2. The van der Waals surface area contributed by atoms with Gasteiger partial charge in [-0.1, -0.05) is 19.1 Å². The number of hydrogen-bond donors (Lipinski definition) is 1. The number of nitrogens with zero attached hydrogens (tertiary/aromatic N) is 1. The van der Waals surface area contributed by atoms with Crippen LogP contribution in [0.3, 0.4) is 0 Å². The lowest BCUT2D eigenvalue weighted by molar-refractivity contribution is -0.137. The van der Waals surface area contributed by atoms with Crippen molar-refractivity contribution in [2.45, 2.75) is 38.6 Å². The van der Waals surface area contributed by atoms with Crippen LogP contribution < -0.4 is 0 Å². The van der Waals surface area contributed by atoms with Gasteiger partial charge >= 0.3 is 5.97 Å². The summed E-state index contributed by atoms with van der Waals surface area (Å²) in [6.07, 6.45) is 3.66. The zero-order valence-electron chi connectivity index (χ0n) is 8.83. The minimum Gasteiger partial charge on any atom is -0.481 e. The molecule has 1 N–H and O–H groups in total. The summed E-state index contributed by atoms with van der Waals surface area (Å²) in [5, 5.41) is 8.61. The zero-order valence-corrected chi connectivity index (χ0v) is 8.83. The molecule has 0 radical (unpaired) electrons. The molecule has 0 spiro atoms. The lowest BCUT2D eigenvalue weighted by atomic mass is 10.2. The van der Waals surface area contributed by atoms with Gasteiger partial charge in [-0.15, -0.1) is 0 Å². The summed E-state index contributed by atoms with van der Waals surface area (Å²) < 4.78 is 0. The predicted molar refractivity (Wildman–Crippen MR) is 56.3 cm³/mol. The van der Waals surface area contributed by atoms with Crippen molar-refractivity contribution in [3.05, 3.63) is 12.2 Å². The topological polar surface area (TPSA) is 40.5 Å². The third kappa shape index (κ3) is 3.92. The van der Waals surface area contributed by atoms with E-state index in [0.717, 1.165) is 13.0 Å². The summed E-state index contributed by atoms with van der Waals surface area (Å²) in [6.45, 7) is 7.58. The summed E-state index contributed by atoms with van der Waals surface area (Å²) in [5.74, 6) is -0.710. The van der Waals surface area contributed by atoms with Gasteiger partial charge in [-0.2, -0.15) is 0 Å². The van der Waals surface area contributed by atoms with E-state index in [1.165, 1.54) is 18.4 Å². The summed E-state index contributed by atoms with van der Waals surface area (Å²) in [4.78, 5) is 12.7. The molecular weight excluding hydrogens is 178 g/mol. The van der Waals surface area contributed by atoms with Crippen LogP contribution in [0.25, 0.3) is 0 Å². The fraction of sp³-hybridized carbons (Fsp3) is 0.727.